The van der Waals surface area contributed by atoms with Gasteiger partial charge in [-0.3, -0.25) is 4.79 Å². The lowest BCUT2D eigenvalue weighted by Gasteiger charge is -2.31. The molecule has 0 atom stereocenters. The van der Waals surface area contributed by atoms with Gasteiger partial charge in [-0.25, -0.2) is 9.97 Å². The van der Waals surface area contributed by atoms with Crippen LogP contribution in [-0.4, -0.2) is 31.5 Å². The third-order valence-electron chi connectivity index (χ3n) is 5.65. The van der Waals surface area contributed by atoms with E-state index in [-0.39, 0.29) is 5.78 Å². The standard InChI is InChI=1S/C22H21N5O/c1-13-23-10-17(11-24-13)15-6-7-18-19(8-15)27(22(2,3)21(18)28)20-9-16(12-25-26-20)14-4-5-14/h6-12,14H,4-5H2,1-3H3. The van der Waals surface area contributed by atoms with Gasteiger partial charge in [-0.2, -0.15) is 5.10 Å². The monoisotopic (exact) mass is 371 g/mol. The molecular weight excluding hydrogens is 350 g/mol. The topological polar surface area (TPSA) is 71.9 Å². The summed E-state index contributed by atoms with van der Waals surface area (Å²) in [7, 11) is 0. The van der Waals surface area contributed by atoms with Gasteiger partial charge in [0.25, 0.3) is 0 Å². The van der Waals surface area contributed by atoms with Crippen molar-refractivity contribution in [2.75, 3.05) is 4.90 Å². The molecule has 0 saturated heterocycles. The molecule has 140 valence electrons. The second-order valence-electron chi connectivity index (χ2n) is 8.10. The van der Waals surface area contributed by atoms with Gasteiger partial charge in [-0.05, 0) is 68.9 Å². The number of aryl methyl sites for hydroxylation is 1. The summed E-state index contributed by atoms with van der Waals surface area (Å²) in [6.07, 6.45) is 7.85. The summed E-state index contributed by atoms with van der Waals surface area (Å²) < 4.78 is 0. The highest BCUT2D eigenvalue weighted by Gasteiger charge is 2.46. The van der Waals surface area contributed by atoms with Crippen LogP contribution in [0.1, 0.15) is 54.4 Å². The number of benzene rings is 1. The molecule has 1 aliphatic carbocycles. The normalized spacial score (nSPS) is 17.7. The molecule has 0 N–H and O–H groups in total. The highest BCUT2D eigenvalue weighted by molar-refractivity contribution is 6.15. The van der Waals surface area contributed by atoms with Crippen LogP contribution in [0.15, 0.2) is 42.9 Å². The second-order valence-corrected chi connectivity index (χ2v) is 8.10. The van der Waals surface area contributed by atoms with E-state index >= 15 is 0 Å². The van der Waals surface area contributed by atoms with Crippen molar-refractivity contribution in [1.82, 2.24) is 20.2 Å². The minimum absolute atomic E-state index is 0.0906. The molecule has 1 aliphatic heterocycles. The van der Waals surface area contributed by atoms with Crippen LogP contribution < -0.4 is 4.90 Å². The third-order valence-corrected chi connectivity index (χ3v) is 5.65. The maximum atomic E-state index is 13.1. The van der Waals surface area contributed by atoms with E-state index in [1.807, 2.05) is 62.5 Å². The Morgan fingerprint density at radius 3 is 2.50 bits per heavy atom. The summed E-state index contributed by atoms with van der Waals surface area (Å²) in [4.78, 5) is 23.7. The van der Waals surface area contributed by atoms with Crippen LogP contribution in [0.5, 0.6) is 0 Å². The largest absolute Gasteiger partial charge is 0.311 e. The average Bonchev–Trinajstić information content (AvgIpc) is 3.51. The Bertz CT molecular complexity index is 1090. The maximum Gasteiger partial charge on any atom is 0.190 e. The van der Waals surface area contributed by atoms with E-state index in [1.165, 1.54) is 18.4 Å². The molecule has 2 aliphatic rings. The molecule has 1 saturated carbocycles. The molecule has 1 fully saturated rings. The first-order valence-electron chi connectivity index (χ1n) is 9.56. The average molecular weight is 371 g/mol. The molecule has 3 aromatic rings. The third kappa shape index (κ3) is 2.59. The van der Waals surface area contributed by atoms with Crippen LogP contribution in [0, 0.1) is 6.92 Å². The zero-order valence-electron chi connectivity index (χ0n) is 16.2. The van der Waals surface area contributed by atoms with E-state index in [0.29, 0.717) is 11.5 Å². The molecule has 5 rings (SSSR count). The predicted octanol–water partition coefficient (Wildman–Crippen LogP) is 4.23. The lowest BCUT2D eigenvalue weighted by Crippen LogP contribution is -2.42. The summed E-state index contributed by atoms with van der Waals surface area (Å²) in [5, 5.41) is 8.59. The van der Waals surface area contributed by atoms with Crippen molar-refractivity contribution in [3.8, 4) is 11.1 Å². The Hall–Kier alpha value is -3.15. The van der Waals surface area contributed by atoms with Crippen LogP contribution in [0.3, 0.4) is 0 Å². The summed E-state index contributed by atoms with van der Waals surface area (Å²) in [6, 6.07) is 7.96. The van der Waals surface area contributed by atoms with Crippen LogP contribution >= 0.6 is 0 Å². The number of Topliss-reactive ketones (excluding diaryl/α,β-unsaturated/α-hetero) is 1. The summed E-state index contributed by atoms with van der Waals surface area (Å²) >= 11 is 0. The van der Waals surface area contributed by atoms with E-state index in [4.69, 9.17) is 0 Å². The molecular formula is C22H21N5O. The van der Waals surface area contributed by atoms with Gasteiger partial charge < -0.3 is 4.90 Å². The maximum absolute atomic E-state index is 13.1. The van der Waals surface area contributed by atoms with Gasteiger partial charge in [0.15, 0.2) is 11.6 Å². The number of ketones is 1. The molecule has 3 heterocycles. The minimum Gasteiger partial charge on any atom is -0.311 e. The fraction of sp³-hybridized carbons (Fsp3) is 0.318. The first-order chi connectivity index (χ1) is 13.4. The minimum atomic E-state index is -0.721. The molecule has 0 unspecified atom stereocenters. The number of rotatable bonds is 3. The Labute approximate surface area is 163 Å². The number of nitrogens with zero attached hydrogens (tertiary/aromatic N) is 5. The summed E-state index contributed by atoms with van der Waals surface area (Å²) in [5.41, 5.74) is 3.94. The number of carbonyl (C=O) groups is 1. The Morgan fingerprint density at radius 2 is 1.79 bits per heavy atom. The van der Waals surface area contributed by atoms with Gasteiger partial charge in [-0.1, -0.05) is 6.07 Å². The van der Waals surface area contributed by atoms with Crippen LogP contribution in [0.4, 0.5) is 11.5 Å². The van der Waals surface area contributed by atoms with E-state index in [0.717, 1.165) is 28.5 Å². The molecule has 0 spiro atoms. The molecule has 2 aromatic heterocycles. The van der Waals surface area contributed by atoms with Crippen LogP contribution in [0.25, 0.3) is 11.1 Å². The first-order valence-corrected chi connectivity index (χ1v) is 9.56. The fourth-order valence-corrected chi connectivity index (χ4v) is 3.89. The molecule has 6 nitrogen and oxygen atoms in total. The molecule has 6 heteroatoms. The van der Waals surface area contributed by atoms with Gasteiger partial charge in [0.2, 0.25) is 0 Å². The smallest absolute Gasteiger partial charge is 0.190 e. The lowest BCUT2D eigenvalue weighted by molar-refractivity contribution is 0.0929. The van der Waals surface area contributed by atoms with Crippen molar-refractivity contribution in [2.24, 2.45) is 0 Å². The predicted molar refractivity (Wildman–Crippen MR) is 107 cm³/mol. The Morgan fingerprint density at radius 1 is 1.04 bits per heavy atom. The van der Waals surface area contributed by atoms with Crippen molar-refractivity contribution in [3.63, 3.8) is 0 Å². The second kappa shape index (κ2) is 5.92. The molecule has 0 radical (unpaired) electrons. The zero-order chi connectivity index (χ0) is 19.5. The highest BCUT2D eigenvalue weighted by Crippen LogP contribution is 2.46. The molecule has 0 bridgehead atoms. The van der Waals surface area contributed by atoms with Crippen molar-refractivity contribution in [1.29, 1.82) is 0 Å². The van der Waals surface area contributed by atoms with Gasteiger partial charge in [0.1, 0.15) is 11.4 Å². The van der Waals surface area contributed by atoms with E-state index in [1.54, 1.807) is 0 Å². The van der Waals surface area contributed by atoms with Crippen molar-refractivity contribution >= 4 is 17.3 Å². The molecule has 1 aromatic carbocycles. The number of aromatic nitrogens is 4. The number of carbonyl (C=O) groups excluding carboxylic acids is 1. The van der Waals surface area contributed by atoms with Gasteiger partial charge in [0.05, 0.1) is 11.9 Å². The summed E-state index contributed by atoms with van der Waals surface area (Å²) in [5.74, 6) is 2.12. The quantitative estimate of drug-likeness (QED) is 0.686. The zero-order valence-corrected chi connectivity index (χ0v) is 16.2. The van der Waals surface area contributed by atoms with Crippen LogP contribution in [0.2, 0.25) is 0 Å². The van der Waals surface area contributed by atoms with Gasteiger partial charge >= 0.3 is 0 Å². The molecule has 28 heavy (non-hydrogen) atoms. The Balaban J connectivity index is 1.64. The van der Waals surface area contributed by atoms with Crippen molar-refractivity contribution in [3.05, 3.63) is 59.8 Å². The van der Waals surface area contributed by atoms with E-state index in [2.05, 4.69) is 26.2 Å². The van der Waals surface area contributed by atoms with Gasteiger partial charge in [0, 0.05) is 23.5 Å². The SMILES string of the molecule is Cc1ncc(-c2ccc3c(c2)N(c2cc(C4CC4)cnn2)C(C)(C)C3=O)cn1. The lowest BCUT2D eigenvalue weighted by atomic mass is 9.97. The number of anilines is 2. The van der Waals surface area contributed by atoms with E-state index in [9.17, 15) is 4.79 Å². The number of fused-ring (bicyclic) bond motifs is 1. The van der Waals surface area contributed by atoms with Gasteiger partial charge in [-0.15, -0.1) is 5.10 Å². The van der Waals surface area contributed by atoms with Crippen molar-refractivity contribution < 1.29 is 4.79 Å². The van der Waals surface area contributed by atoms with Crippen LogP contribution in [-0.2, 0) is 0 Å². The Kier molecular flexibility index (Phi) is 3.59. The summed E-state index contributed by atoms with van der Waals surface area (Å²) in [6.45, 7) is 5.74. The molecule has 0 amide bonds. The number of hydrogen-bond donors (Lipinski definition) is 0. The highest BCUT2D eigenvalue weighted by atomic mass is 16.1. The van der Waals surface area contributed by atoms with Crippen molar-refractivity contribution in [2.45, 2.75) is 45.1 Å². The number of hydrogen-bond acceptors (Lipinski definition) is 6. The first kappa shape index (κ1) is 17.0. The van der Waals surface area contributed by atoms with E-state index < -0.39 is 5.54 Å². The fourth-order valence-electron chi connectivity index (χ4n) is 3.89.